The van der Waals surface area contributed by atoms with E-state index in [-0.39, 0.29) is 11.9 Å². The third-order valence-corrected chi connectivity index (χ3v) is 3.79. The summed E-state index contributed by atoms with van der Waals surface area (Å²) in [7, 11) is 0. The van der Waals surface area contributed by atoms with E-state index in [2.05, 4.69) is 5.32 Å². The van der Waals surface area contributed by atoms with Crippen molar-refractivity contribution in [2.45, 2.75) is 32.2 Å². The Morgan fingerprint density at radius 2 is 2.05 bits per heavy atom. The van der Waals surface area contributed by atoms with Gasteiger partial charge in [-0.3, -0.25) is 4.79 Å². The van der Waals surface area contributed by atoms with E-state index < -0.39 is 0 Å². The molecule has 1 fully saturated rings. The molecule has 5 heteroatoms. The van der Waals surface area contributed by atoms with Crippen LogP contribution < -0.4 is 11.1 Å². The Morgan fingerprint density at radius 3 is 2.74 bits per heavy atom. The SMILES string of the molecule is CC(Nc1cccc(Cl)c1N)C(=O)N1CCCCC1. The summed E-state index contributed by atoms with van der Waals surface area (Å²) >= 11 is 5.97. The standard InChI is InChI=1S/C14H20ClN3O/c1-10(14(19)18-8-3-2-4-9-18)17-12-7-5-6-11(15)13(12)16/h5-7,10,17H,2-4,8-9,16H2,1H3. The van der Waals surface area contributed by atoms with E-state index in [4.69, 9.17) is 17.3 Å². The van der Waals surface area contributed by atoms with Crippen LogP contribution in [0.25, 0.3) is 0 Å². The molecule has 1 amide bonds. The minimum absolute atomic E-state index is 0.124. The topological polar surface area (TPSA) is 58.4 Å². The van der Waals surface area contributed by atoms with E-state index in [9.17, 15) is 4.79 Å². The second kappa shape index (κ2) is 6.15. The Labute approximate surface area is 118 Å². The average Bonchev–Trinajstić information content (AvgIpc) is 2.44. The van der Waals surface area contributed by atoms with Gasteiger partial charge in [0, 0.05) is 13.1 Å². The summed E-state index contributed by atoms with van der Waals surface area (Å²) < 4.78 is 0. The highest BCUT2D eigenvalue weighted by atomic mass is 35.5. The first-order valence-corrected chi connectivity index (χ1v) is 7.06. The summed E-state index contributed by atoms with van der Waals surface area (Å²) in [6, 6.07) is 5.10. The molecule has 19 heavy (non-hydrogen) atoms. The quantitative estimate of drug-likeness (QED) is 0.838. The fourth-order valence-corrected chi connectivity index (χ4v) is 2.52. The Kier molecular flexibility index (Phi) is 4.53. The number of benzene rings is 1. The smallest absolute Gasteiger partial charge is 0.244 e. The lowest BCUT2D eigenvalue weighted by molar-refractivity contribution is -0.132. The lowest BCUT2D eigenvalue weighted by atomic mass is 10.1. The Bertz CT molecular complexity index is 458. The number of rotatable bonds is 3. The Hall–Kier alpha value is -1.42. The number of halogens is 1. The van der Waals surface area contributed by atoms with Crippen molar-refractivity contribution in [2.75, 3.05) is 24.1 Å². The zero-order valence-corrected chi connectivity index (χ0v) is 11.9. The van der Waals surface area contributed by atoms with Gasteiger partial charge in [0.15, 0.2) is 0 Å². The molecule has 0 aliphatic carbocycles. The summed E-state index contributed by atoms with van der Waals surface area (Å²) in [6.45, 7) is 3.57. The highest BCUT2D eigenvalue weighted by Gasteiger charge is 2.22. The molecule has 1 aromatic carbocycles. The summed E-state index contributed by atoms with van der Waals surface area (Å²) in [5.74, 6) is 0.124. The Morgan fingerprint density at radius 1 is 1.37 bits per heavy atom. The van der Waals surface area contributed by atoms with Crippen LogP contribution in [0.15, 0.2) is 18.2 Å². The van der Waals surface area contributed by atoms with Crippen LogP contribution in [0.1, 0.15) is 26.2 Å². The molecule has 1 saturated heterocycles. The molecule has 0 spiro atoms. The molecule has 1 aliphatic heterocycles. The van der Waals surface area contributed by atoms with Crippen molar-refractivity contribution in [1.82, 2.24) is 4.90 Å². The predicted molar refractivity (Wildman–Crippen MR) is 79.4 cm³/mol. The maximum atomic E-state index is 12.3. The van der Waals surface area contributed by atoms with Crippen LogP contribution in [0.4, 0.5) is 11.4 Å². The molecule has 2 rings (SSSR count). The van der Waals surface area contributed by atoms with E-state index in [1.54, 1.807) is 6.07 Å². The van der Waals surface area contributed by atoms with Crippen molar-refractivity contribution in [3.8, 4) is 0 Å². The van der Waals surface area contributed by atoms with Gasteiger partial charge in [0.1, 0.15) is 6.04 Å². The van der Waals surface area contributed by atoms with Crippen LogP contribution in [0.2, 0.25) is 5.02 Å². The minimum Gasteiger partial charge on any atom is -0.396 e. The van der Waals surface area contributed by atoms with Crippen LogP contribution >= 0.6 is 11.6 Å². The number of likely N-dealkylation sites (tertiary alicyclic amines) is 1. The lowest BCUT2D eigenvalue weighted by Crippen LogP contribution is -2.43. The van der Waals surface area contributed by atoms with Crippen molar-refractivity contribution in [1.29, 1.82) is 0 Å². The molecule has 1 atom stereocenters. The monoisotopic (exact) mass is 281 g/mol. The minimum atomic E-state index is -0.293. The normalized spacial score (nSPS) is 17.1. The van der Waals surface area contributed by atoms with Gasteiger partial charge >= 0.3 is 0 Å². The molecular weight excluding hydrogens is 262 g/mol. The van der Waals surface area contributed by atoms with Crippen molar-refractivity contribution >= 4 is 28.9 Å². The number of nitrogens with two attached hydrogens (primary N) is 1. The van der Waals surface area contributed by atoms with Gasteiger partial charge in [-0.05, 0) is 38.3 Å². The fraction of sp³-hybridized carbons (Fsp3) is 0.500. The van der Waals surface area contributed by atoms with Gasteiger partial charge in [-0.1, -0.05) is 17.7 Å². The first-order chi connectivity index (χ1) is 9.09. The summed E-state index contributed by atoms with van der Waals surface area (Å²) in [5, 5.41) is 3.65. The van der Waals surface area contributed by atoms with E-state index >= 15 is 0 Å². The van der Waals surface area contributed by atoms with E-state index in [0.29, 0.717) is 16.4 Å². The van der Waals surface area contributed by atoms with Crippen molar-refractivity contribution in [3.05, 3.63) is 23.2 Å². The average molecular weight is 282 g/mol. The number of hydrogen-bond donors (Lipinski definition) is 2. The highest BCUT2D eigenvalue weighted by molar-refractivity contribution is 6.33. The van der Waals surface area contributed by atoms with E-state index in [0.717, 1.165) is 25.9 Å². The molecular formula is C14H20ClN3O. The van der Waals surface area contributed by atoms with Gasteiger partial charge in [-0.25, -0.2) is 0 Å². The van der Waals surface area contributed by atoms with Crippen molar-refractivity contribution in [2.24, 2.45) is 0 Å². The second-order valence-electron chi connectivity index (χ2n) is 4.95. The molecule has 3 N–H and O–H groups in total. The molecule has 104 valence electrons. The third kappa shape index (κ3) is 3.32. The van der Waals surface area contributed by atoms with Gasteiger partial charge in [-0.15, -0.1) is 0 Å². The molecule has 1 heterocycles. The maximum absolute atomic E-state index is 12.3. The number of nitrogen functional groups attached to an aromatic ring is 1. The summed E-state index contributed by atoms with van der Waals surface area (Å²) in [4.78, 5) is 14.2. The molecule has 1 aliphatic rings. The van der Waals surface area contributed by atoms with Gasteiger partial charge in [0.05, 0.1) is 16.4 Å². The summed E-state index contributed by atoms with van der Waals surface area (Å²) in [5.41, 5.74) is 7.09. The summed E-state index contributed by atoms with van der Waals surface area (Å²) in [6.07, 6.45) is 3.41. The number of nitrogens with one attached hydrogen (secondary N) is 1. The van der Waals surface area contributed by atoms with E-state index in [1.807, 2.05) is 24.0 Å². The fourth-order valence-electron chi connectivity index (χ4n) is 2.35. The maximum Gasteiger partial charge on any atom is 0.244 e. The number of amides is 1. The molecule has 4 nitrogen and oxygen atoms in total. The first-order valence-electron chi connectivity index (χ1n) is 6.69. The van der Waals surface area contributed by atoms with Gasteiger partial charge in [-0.2, -0.15) is 0 Å². The van der Waals surface area contributed by atoms with Crippen LogP contribution in [-0.4, -0.2) is 29.9 Å². The molecule has 0 aromatic heterocycles. The Balaban J connectivity index is 2.01. The number of nitrogens with zero attached hydrogens (tertiary/aromatic N) is 1. The van der Waals surface area contributed by atoms with Crippen molar-refractivity contribution < 1.29 is 4.79 Å². The third-order valence-electron chi connectivity index (χ3n) is 3.46. The molecule has 0 radical (unpaired) electrons. The molecule has 0 saturated carbocycles. The number of carbonyl (C=O) groups excluding carboxylic acids is 1. The number of anilines is 2. The first kappa shape index (κ1) is 14.0. The number of hydrogen-bond acceptors (Lipinski definition) is 3. The van der Waals surface area contributed by atoms with E-state index in [1.165, 1.54) is 6.42 Å². The van der Waals surface area contributed by atoms with Crippen molar-refractivity contribution in [3.63, 3.8) is 0 Å². The molecule has 1 unspecified atom stereocenters. The zero-order chi connectivity index (χ0) is 13.8. The molecule has 1 aromatic rings. The van der Waals surface area contributed by atoms with Gasteiger partial charge < -0.3 is 16.0 Å². The highest BCUT2D eigenvalue weighted by Crippen LogP contribution is 2.27. The number of para-hydroxylation sites is 1. The molecule has 0 bridgehead atoms. The van der Waals surface area contributed by atoms with Crippen LogP contribution in [0.3, 0.4) is 0 Å². The van der Waals surface area contributed by atoms with Crippen LogP contribution in [0.5, 0.6) is 0 Å². The van der Waals surface area contributed by atoms with Gasteiger partial charge in [0.2, 0.25) is 5.91 Å². The number of carbonyl (C=O) groups is 1. The lowest BCUT2D eigenvalue weighted by Gasteiger charge is -2.30. The van der Waals surface area contributed by atoms with Crippen LogP contribution in [0, 0.1) is 0 Å². The predicted octanol–water partition coefficient (Wildman–Crippen LogP) is 2.74. The van der Waals surface area contributed by atoms with Gasteiger partial charge in [0.25, 0.3) is 0 Å². The number of piperidine rings is 1. The largest absolute Gasteiger partial charge is 0.396 e. The zero-order valence-electron chi connectivity index (χ0n) is 11.2. The second-order valence-corrected chi connectivity index (χ2v) is 5.36. The van der Waals surface area contributed by atoms with Crippen LogP contribution in [-0.2, 0) is 4.79 Å².